The van der Waals surface area contributed by atoms with Crippen molar-refractivity contribution in [3.05, 3.63) is 45.4 Å². The van der Waals surface area contributed by atoms with E-state index in [-0.39, 0.29) is 5.97 Å². The number of ether oxygens (including phenoxy) is 1. The smallest absolute Gasteiger partial charge is 0.306 e. The Hall–Kier alpha value is -0.800. The van der Waals surface area contributed by atoms with Crippen molar-refractivity contribution in [3.63, 3.8) is 0 Å². The van der Waals surface area contributed by atoms with Gasteiger partial charge in [-0.05, 0) is 49.9 Å². The second-order valence-electron chi connectivity index (χ2n) is 4.09. The highest BCUT2D eigenvalue weighted by Crippen LogP contribution is 2.22. The van der Waals surface area contributed by atoms with Crippen molar-refractivity contribution >= 4 is 33.5 Å². The minimum absolute atomic E-state index is 0.137. The van der Waals surface area contributed by atoms with Gasteiger partial charge in [0, 0.05) is 15.9 Å². The van der Waals surface area contributed by atoms with Crippen LogP contribution in [0.1, 0.15) is 31.7 Å². The molecule has 0 amide bonds. The van der Waals surface area contributed by atoms with Gasteiger partial charge in [-0.1, -0.05) is 39.7 Å². The maximum Gasteiger partial charge on any atom is 0.306 e. The van der Waals surface area contributed by atoms with E-state index in [2.05, 4.69) is 22.0 Å². The maximum atomic E-state index is 11.1. The molecule has 0 aromatic heterocycles. The zero-order valence-corrected chi connectivity index (χ0v) is 13.3. The first kappa shape index (κ1) is 16.3. The fourth-order valence-corrected chi connectivity index (χ4v) is 2.26. The molecular weight excluding hydrogens is 328 g/mol. The number of allylic oxidation sites excluding steroid dienone is 2. The van der Waals surface area contributed by atoms with E-state index in [1.165, 1.54) is 0 Å². The molecule has 0 bridgehead atoms. The summed E-state index contributed by atoms with van der Waals surface area (Å²) in [6, 6.07) is 5.86. The van der Waals surface area contributed by atoms with Crippen LogP contribution in [0.5, 0.6) is 0 Å². The van der Waals surface area contributed by atoms with Crippen molar-refractivity contribution in [1.29, 1.82) is 0 Å². The quantitative estimate of drug-likeness (QED) is 0.517. The molecule has 1 rings (SSSR count). The lowest BCUT2D eigenvalue weighted by Gasteiger charge is -2.02. The maximum absolute atomic E-state index is 11.1. The van der Waals surface area contributed by atoms with Gasteiger partial charge in [-0.25, -0.2) is 0 Å². The van der Waals surface area contributed by atoms with E-state index in [4.69, 9.17) is 16.3 Å². The largest absolute Gasteiger partial charge is 0.466 e. The van der Waals surface area contributed by atoms with E-state index < -0.39 is 0 Å². The molecule has 0 aliphatic heterocycles. The average Bonchev–Trinajstić information content (AvgIpc) is 2.38. The normalized spacial score (nSPS) is 10.9. The summed E-state index contributed by atoms with van der Waals surface area (Å²) in [5, 5.41) is 0.795. The number of esters is 1. The third kappa shape index (κ3) is 6.79. The number of halogens is 2. The Morgan fingerprint density at radius 3 is 2.84 bits per heavy atom. The summed E-state index contributed by atoms with van der Waals surface area (Å²) in [5.74, 6) is -0.137. The van der Waals surface area contributed by atoms with Crippen LogP contribution < -0.4 is 0 Å². The predicted molar refractivity (Wildman–Crippen MR) is 82.5 cm³/mol. The monoisotopic (exact) mass is 344 g/mol. The molecule has 19 heavy (non-hydrogen) atoms. The Balaban J connectivity index is 2.26. The lowest BCUT2D eigenvalue weighted by Crippen LogP contribution is -2.02. The second-order valence-corrected chi connectivity index (χ2v) is 5.41. The lowest BCUT2D eigenvalue weighted by molar-refractivity contribution is -0.142. The van der Waals surface area contributed by atoms with Gasteiger partial charge in [0.25, 0.3) is 0 Å². The first-order valence-electron chi connectivity index (χ1n) is 6.38. The summed E-state index contributed by atoms with van der Waals surface area (Å²) < 4.78 is 5.89. The van der Waals surface area contributed by atoms with Crippen LogP contribution in [0, 0.1) is 0 Å². The van der Waals surface area contributed by atoms with Gasteiger partial charge in [-0.3, -0.25) is 4.79 Å². The first-order chi connectivity index (χ1) is 9.13. The molecular formula is C15H18BrClO2. The minimum Gasteiger partial charge on any atom is -0.466 e. The van der Waals surface area contributed by atoms with Gasteiger partial charge < -0.3 is 4.74 Å². The molecule has 0 saturated carbocycles. The highest BCUT2D eigenvalue weighted by atomic mass is 79.9. The van der Waals surface area contributed by atoms with E-state index in [0.717, 1.165) is 34.3 Å². The molecule has 0 fully saturated rings. The fourth-order valence-electron chi connectivity index (χ4n) is 1.64. The molecule has 4 heteroatoms. The van der Waals surface area contributed by atoms with Crippen LogP contribution in [-0.2, 0) is 16.0 Å². The predicted octanol–water partition coefficient (Wildman–Crippen LogP) is 4.93. The molecule has 0 saturated heterocycles. The van der Waals surface area contributed by atoms with Crippen LogP contribution in [0.25, 0.3) is 0 Å². The van der Waals surface area contributed by atoms with Gasteiger partial charge in [-0.2, -0.15) is 0 Å². The highest BCUT2D eigenvalue weighted by Gasteiger charge is 2.00. The molecule has 0 unspecified atom stereocenters. The van der Waals surface area contributed by atoms with Gasteiger partial charge in [0.2, 0.25) is 0 Å². The van der Waals surface area contributed by atoms with Crippen molar-refractivity contribution in [1.82, 2.24) is 0 Å². The van der Waals surface area contributed by atoms with Gasteiger partial charge in [0.05, 0.1) is 6.61 Å². The van der Waals surface area contributed by atoms with Gasteiger partial charge in [-0.15, -0.1) is 0 Å². The second kappa shape index (κ2) is 9.16. The summed E-state index contributed by atoms with van der Waals surface area (Å²) in [7, 11) is 0. The lowest BCUT2D eigenvalue weighted by atomic mass is 10.1. The Bertz CT molecular complexity index is 444. The molecule has 0 spiro atoms. The molecule has 0 atom stereocenters. The number of hydrogen-bond acceptors (Lipinski definition) is 2. The van der Waals surface area contributed by atoms with E-state index in [0.29, 0.717) is 13.0 Å². The van der Waals surface area contributed by atoms with Gasteiger partial charge in [0.15, 0.2) is 0 Å². The van der Waals surface area contributed by atoms with Crippen LogP contribution >= 0.6 is 27.5 Å². The van der Waals surface area contributed by atoms with Crippen molar-refractivity contribution in [2.24, 2.45) is 0 Å². The number of hydrogen-bond donors (Lipinski definition) is 0. The number of aryl methyl sites for hydroxylation is 1. The third-order valence-corrected chi connectivity index (χ3v) is 3.44. The minimum atomic E-state index is -0.137. The van der Waals surface area contributed by atoms with E-state index in [9.17, 15) is 4.79 Å². The Labute approximate surface area is 127 Å². The van der Waals surface area contributed by atoms with E-state index in [1.54, 1.807) is 0 Å². The number of rotatable bonds is 7. The molecule has 2 nitrogen and oxygen atoms in total. The third-order valence-electron chi connectivity index (χ3n) is 2.58. The number of benzene rings is 1. The van der Waals surface area contributed by atoms with Crippen molar-refractivity contribution in [2.45, 2.75) is 32.6 Å². The summed E-state index contributed by atoms with van der Waals surface area (Å²) >= 11 is 9.54. The molecule has 0 heterocycles. The SMILES string of the molecule is CCOC(=O)CC/C=C/CCc1cc(Br)ccc1Cl. The topological polar surface area (TPSA) is 26.3 Å². The Kier molecular flexibility index (Phi) is 7.84. The van der Waals surface area contributed by atoms with Crippen molar-refractivity contribution < 1.29 is 9.53 Å². The zero-order chi connectivity index (χ0) is 14.1. The molecule has 0 radical (unpaired) electrons. The van der Waals surface area contributed by atoms with E-state index >= 15 is 0 Å². The first-order valence-corrected chi connectivity index (χ1v) is 7.55. The van der Waals surface area contributed by atoms with Crippen LogP contribution in [0.2, 0.25) is 5.02 Å². The summed E-state index contributed by atoms with van der Waals surface area (Å²) in [6.07, 6.45) is 7.08. The van der Waals surface area contributed by atoms with Gasteiger partial charge >= 0.3 is 5.97 Å². The summed E-state index contributed by atoms with van der Waals surface area (Å²) in [6.45, 7) is 2.26. The molecule has 0 aliphatic carbocycles. The van der Waals surface area contributed by atoms with Crippen LogP contribution in [0.3, 0.4) is 0 Å². The molecule has 1 aromatic carbocycles. The molecule has 104 valence electrons. The Morgan fingerprint density at radius 2 is 2.11 bits per heavy atom. The van der Waals surface area contributed by atoms with Crippen LogP contribution in [0.4, 0.5) is 0 Å². The molecule has 0 N–H and O–H groups in total. The van der Waals surface area contributed by atoms with Crippen molar-refractivity contribution in [2.75, 3.05) is 6.61 Å². The molecule has 1 aromatic rings. The van der Waals surface area contributed by atoms with Crippen LogP contribution in [0.15, 0.2) is 34.8 Å². The van der Waals surface area contributed by atoms with Crippen molar-refractivity contribution in [3.8, 4) is 0 Å². The number of carbonyl (C=O) groups excluding carboxylic acids is 1. The average molecular weight is 346 g/mol. The standard InChI is InChI=1S/C15H18BrClO2/c1-2-19-15(18)8-6-4-3-5-7-12-11-13(16)9-10-14(12)17/h3-4,9-11H,2,5-8H2,1H3/b4-3+. The highest BCUT2D eigenvalue weighted by molar-refractivity contribution is 9.10. The fraction of sp³-hybridized carbons (Fsp3) is 0.400. The summed E-state index contributed by atoms with van der Waals surface area (Å²) in [4.78, 5) is 11.1. The Morgan fingerprint density at radius 1 is 1.37 bits per heavy atom. The molecule has 0 aliphatic rings. The summed E-state index contributed by atoms with van der Waals surface area (Å²) in [5.41, 5.74) is 1.13. The van der Waals surface area contributed by atoms with Crippen LogP contribution in [-0.4, -0.2) is 12.6 Å². The zero-order valence-electron chi connectivity index (χ0n) is 11.0. The van der Waals surface area contributed by atoms with Gasteiger partial charge in [0.1, 0.15) is 0 Å². The number of carbonyl (C=O) groups is 1. The van der Waals surface area contributed by atoms with E-state index in [1.807, 2.05) is 31.2 Å².